The van der Waals surface area contributed by atoms with Crippen LogP contribution >= 0.6 is 11.6 Å². The van der Waals surface area contributed by atoms with Gasteiger partial charge >= 0.3 is 6.03 Å². The Kier molecular flexibility index (Phi) is 6.48. The van der Waals surface area contributed by atoms with Gasteiger partial charge in [-0.05, 0) is 50.7 Å². The van der Waals surface area contributed by atoms with E-state index in [2.05, 4.69) is 21.9 Å². The largest absolute Gasteiger partial charge is 0.330 e. The predicted molar refractivity (Wildman–Crippen MR) is 135 cm³/mol. The number of para-hydroxylation sites is 1. The summed E-state index contributed by atoms with van der Waals surface area (Å²) in [6.45, 7) is 1.88. The topological polar surface area (TPSA) is 86.7 Å². The monoisotopic (exact) mass is 511 g/mol. The molecule has 1 saturated heterocycles. The first-order valence-electron chi connectivity index (χ1n) is 11.5. The molecule has 5 rings (SSSR count). The molecule has 0 bridgehead atoms. The number of sulfone groups is 1. The lowest BCUT2D eigenvalue weighted by atomic mass is 10.0. The van der Waals surface area contributed by atoms with Gasteiger partial charge in [0.1, 0.15) is 5.82 Å². The van der Waals surface area contributed by atoms with Gasteiger partial charge in [-0.1, -0.05) is 54.1 Å². The van der Waals surface area contributed by atoms with Crippen molar-refractivity contribution in [2.24, 2.45) is 0 Å². The number of fused-ring (bicyclic) bond motifs is 1. The van der Waals surface area contributed by atoms with Crippen molar-refractivity contribution >= 4 is 39.0 Å². The first-order chi connectivity index (χ1) is 16.8. The van der Waals surface area contributed by atoms with Crippen molar-refractivity contribution in [2.45, 2.75) is 36.3 Å². The molecule has 182 valence electrons. The summed E-state index contributed by atoms with van der Waals surface area (Å²) in [6, 6.07) is 15.8. The highest BCUT2D eigenvalue weighted by atomic mass is 35.5. The van der Waals surface area contributed by atoms with Gasteiger partial charge in [0, 0.05) is 17.8 Å². The van der Waals surface area contributed by atoms with Crippen LogP contribution in [0.3, 0.4) is 0 Å². The van der Waals surface area contributed by atoms with Gasteiger partial charge in [-0.2, -0.15) is 0 Å². The third-order valence-corrected chi connectivity index (χ3v) is 8.27. The van der Waals surface area contributed by atoms with Gasteiger partial charge in [0.25, 0.3) is 0 Å². The fourth-order valence-electron chi connectivity index (χ4n) is 4.61. The highest BCUT2D eigenvalue weighted by molar-refractivity contribution is 7.90. The third kappa shape index (κ3) is 4.76. The number of rotatable bonds is 5. The number of aromatic nitrogens is 2. The molecule has 1 aromatic heterocycles. The lowest BCUT2D eigenvalue weighted by Crippen LogP contribution is -2.55. The zero-order valence-electron chi connectivity index (χ0n) is 19.3. The minimum absolute atomic E-state index is 0.109. The normalized spacial score (nSPS) is 17.5. The summed E-state index contributed by atoms with van der Waals surface area (Å²) in [5.74, 6) is 0.162. The smallest absolute Gasteiger partial charge is 0.306 e. The summed E-state index contributed by atoms with van der Waals surface area (Å²) in [4.78, 5) is 28.0. The Morgan fingerprint density at radius 2 is 1.71 bits per heavy atom. The molecule has 2 aromatic carbocycles. The van der Waals surface area contributed by atoms with Crippen molar-refractivity contribution < 1.29 is 13.2 Å². The number of piperidine rings is 1. The average molecular weight is 512 g/mol. The van der Waals surface area contributed by atoms with E-state index in [0.717, 1.165) is 25.9 Å². The fourth-order valence-corrected chi connectivity index (χ4v) is 6.05. The molecule has 0 unspecified atom stereocenters. The third-order valence-electron chi connectivity index (χ3n) is 6.49. The van der Waals surface area contributed by atoms with Crippen molar-refractivity contribution in [1.29, 1.82) is 0 Å². The summed E-state index contributed by atoms with van der Waals surface area (Å²) in [5.41, 5.74) is 1.94. The van der Waals surface area contributed by atoms with Crippen LogP contribution in [0, 0.1) is 0 Å². The number of urea groups is 1. The average Bonchev–Trinajstić information content (AvgIpc) is 2.85. The first kappa shape index (κ1) is 23.7. The summed E-state index contributed by atoms with van der Waals surface area (Å²) < 4.78 is 26.3. The molecule has 8 nitrogen and oxygen atoms in total. The number of likely N-dealkylation sites (tertiary alicyclic amines) is 1. The van der Waals surface area contributed by atoms with Crippen LogP contribution in [-0.2, 0) is 22.1 Å². The Labute approximate surface area is 210 Å². The molecule has 1 fully saturated rings. The van der Waals surface area contributed by atoms with Crippen LogP contribution in [0.5, 0.6) is 0 Å². The Hall–Kier alpha value is -3.01. The Balaban J connectivity index is 1.56. The number of hydrogen-bond acceptors (Lipinski definition) is 6. The number of carbonyl (C=O) groups excluding carboxylic acids is 1. The van der Waals surface area contributed by atoms with E-state index < -0.39 is 9.84 Å². The van der Waals surface area contributed by atoms with E-state index in [1.54, 1.807) is 46.2 Å². The fraction of sp³-hybridized carbons (Fsp3) is 0.320. The van der Waals surface area contributed by atoms with E-state index in [1.165, 1.54) is 6.20 Å². The van der Waals surface area contributed by atoms with Crippen molar-refractivity contribution in [3.05, 3.63) is 76.9 Å². The lowest BCUT2D eigenvalue weighted by Gasteiger charge is -2.42. The molecule has 0 aliphatic carbocycles. The van der Waals surface area contributed by atoms with Gasteiger partial charge < -0.3 is 4.90 Å². The molecule has 35 heavy (non-hydrogen) atoms. The maximum atomic E-state index is 13.8. The minimum atomic E-state index is -3.80. The number of anilines is 2. The van der Waals surface area contributed by atoms with Crippen LogP contribution in [-0.4, -0.2) is 55.5 Å². The molecule has 2 amide bonds. The summed E-state index contributed by atoms with van der Waals surface area (Å²) in [5, 5.41) is 0.202. The molecule has 0 spiro atoms. The Morgan fingerprint density at radius 1 is 1.03 bits per heavy atom. The number of halogens is 1. The van der Waals surface area contributed by atoms with Crippen LogP contribution in [0.15, 0.2) is 66.0 Å². The lowest BCUT2D eigenvalue weighted by molar-refractivity contribution is 0.228. The van der Waals surface area contributed by atoms with Crippen LogP contribution in [0.2, 0.25) is 5.02 Å². The molecule has 0 atom stereocenters. The van der Waals surface area contributed by atoms with Crippen LogP contribution < -0.4 is 9.80 Å². The first-order valence-corrected chi connectivity index (χ1v) is 13.5. The van der Waals surface area contributed by atoms with Crippen molar-refractivity contribution in [1.82, 2.24) is 14.9 Å². The van der Waals surface area contributed by atoms with Crippen LogP contribution in [0.4, 0.5) is 16.3 Å². The molecule has 0 N–H and O–H groups in total. The van der Waals surface area contributed by atoms with E-state index in [4.69, 9.17) is 11.6 Å². The van der Waals surface area contributed by atoms with E-state index in [9.17, 15) is 13.2 Å². The van der Waals surface area contributed by atoms with Crippen molar-refractivity contribution in [3.63, 3.8) is 0 Å². The molecule has 3 aromatic rings. The van der Waals surface area contributed by atoms with E-state index >= 15 is 0 Å². The van der Waals surface area contributed by atoms with Crippen LogP contribution in [0.25, 0.3) is 0 Å². The second-order valence-corrected chi connectivity index (χ2v) is 11.3. The molecular weight excluding hydrogens is 486 g/mol. The molecule has 3 heterocycles. The number of amides is 2. The molecule has 0 radical (unpaired) electrons. The molecule has 0 saturated carbocycles. The van der Waals surface area contributed by atoms with E-state index in [-0.39, 0.29) is 29.5 Å². The molecule has 2 aliphatic rings. The van der Waals surface area contributed by atoms with Crippen molar-refractivity contribution in [2.75, 3.05) is 29.9 Å². The maximum absolute atomic E-state index is 13.8. The van der Waals surface area contributed by atoms with Gasteiger partial charge in [-0.15, -0.1) is 0 Å². The minimum Gasteiger partial charge on any atom is -0.306 e. The van der Waals surface area contributed by atoms with Gasteiger partial charge in [-0.25, -0.2) is 23.2 Å². The van der Waals surface area contributed by atoms with Gasteiger partial charge in [0.2, 0.25) is 15.0 Å². The second kappa shape index (κ2) is 9.56. The zero-order valence-corrected chi connectivity index (χ0v) is 20.9. The highest BCUT2D eigenvalue weighted by Crippen LogP contribution is 2.36. The zero-order chi connectivity index (χ0) is 24.6. The Morgan fingerprint density at radius 3 is 2.43 bits per heavy atom. The SMILES string of the molecule is CN1CCC(N2C(=O)N(c3ccccc3Cl)Cc3cnc(S(=O)(=O)Cc4ccccc4)nc32)CC1. The van der Waals surface area contributed by atoms with Gasteiger partial charge in [-0.3, -0.25) is 9.80 Å². The Bertz CT molecular complexity index is 1340. The van der Waals surface area contributed by atoms with Crippen molar-refractivity contribution in [3.8, 4) is 0 Å². The number of nitrogens with zero attached hydrogens (tertiary/aromatic N) is 5. The number of hydrogen-bond donors (Lipinski definition) is 0. The molecule has 10 heteroatoms. The second-order valence-electron chi connectivity index (χ2n) is 8.97. The number of benzene rings is 2. The molecular formula is C25H26ClN5O3S. The maximum Gasteiger partial charge on any atom is 0.330 e. The van der Waals surface area contributed by atoms with Gasteiger partial charge in [0.05, 0.1) is 23.0 Å². The van der Waals surface area contributed by atoms with E-state index in [0.29, 0.717) is 27.7 Å². The summed E-state index contributed by atoms with van der Waals surface area (Å²) >= 11 is 6.44. The molecule has 2 aliphatic heterocycles. The van der Waals surface area contributed by atoms with E-state index in [1.807, 2.05) is 18.2 Å². The number of carbonyl (C=O) groups is 1. The standard InChI is InChI=1S/C25H26ClN5O3S/c1-29-13-11-20(12-14-29)31-23-19(16-30(25(31)32)22-10-6-5-9-21(22)26)15-27-24(28-23)35(33,34)17-18-7-3-2-4-8-18/h2-10,15,20H,11-14,16-17H2,1H3. The summed E-state index contributed by atoms with van der Waals surface area (Å²) in [6.07, 6.45) is 3.04. The van der Waals surface area contributed by atoms with Crippen LogP contribution in [0.1, 0.15) is 24.0 Å². The predicted octanol–water partition coefficient (Wildman–Crippen LogP) is 4.14. The quantitative estimate of drug-likeness (QED) is 0.478. The van der Waals surface area contributed by atoms with Gasteiger partial charge in [0.15, 0.2) is 0 Å². The highest BCUT2D eigenvalue weighted by Gasteiger charge is 2.39. The summed E-state index contributed by atoms with van der Waals surface area (Å²) in [7, 11) is -1.75.